The van der Waals surface area contributed by atoms with E-state index in [9.17, 15) is 22.8 Å². The van der Waals surface area contributed by atoms with Gasteiger partial charge in [0.15, 0.2) is 0 Å². The summed E-state index contributed by atoms with van der Waals surface area (Å²) in [7, 11) is 1.02. The molecule has 0 fully saturated rings. The lowest BCUT2D eigenvalue weighted by Crippen LogP contribution is -2.51. The van der Waals surface area contributed by atoms with Gasteiger partial charge in [-0.05, 0) is 86.5 Å². The Hall–Kier alpha value is -6.11. The predicted octanol–water partition coefficient (Wildman–Crippen LogP) is 2.40. The molecule has 0 bridgehead atoms. The van der Waals surface area contributed by atoms with Crippen LogP contribution < -0.4 is 41.4 Å². The normalized spacial score (nSPS) is 11.8. The minimum absolute atomic E-state index is 0.0617. The van der Waals surface area contributed by atoms with E-state index in [4.69, 9.17) is 15.6 Å². The highest BCUT2D eigenvalue weighted by Crippen LogP contribution is 2.31. The molecule has 0 unspecified atom stereocenters. The van der Waals surface area contributed by atoms with Crippen LogP contribution in [0.15, 0.2) is 77.8 Å². The molecule has 0 saturated carbocycles. The number of hydrogen-bond acceptors (Lipinski definition) is 11. The molecule has 0 aliphatic carbocycles. The van der Waals surface area contributed by atoms with Crippen LogP contribution in [0.2, 0.25) is 0 Å². The number of nitrogens with zero attached hydrogens (tertiary/aromatic N) is 6. The third kappa shape index (κ3) is 9.08. The van der Waals surface area contributed by atoms with Gasteiger partial charge in [-0.2, -0.15) is 10.1 Å². The largest absolute Gasteiger partial charge is 0.497 e. The summed E-state index contributed by atoms with van der Waals surface area (Å²) in [6.07, 6.45) is 1.59. The van der Waals surface area contributed by atoms with Gasteiger partial charge in [-0.15, -0.1) is 0 Å². The third-order valence-corrected chi connectivity index (χ3v) is 9.80. The first-order valence-corrected chi connectivity index (χ1v) is 18.4. The monoisotopic (exact) mass is 757 g/mol. The lowest BCUT2D eigenvalue weighted by atomic mass is 10.1. The van der Waals surface area contributed by atoms with Crippen molar-refractivity contribution in [1.82, 2.24) is 35.7 Å². The lowest BCUT2D eigenvalue weighted by molar-refractivity contribution is -0.128. The minimum Gasteiger partial charge on any atom is -0.497 e. The standard InChI is InChI=1S/C36H43N11O6S/c1-22-6-9-26(19-31(22)54(38,51)52)47(35-39-17-15-32(43-35)45(3)25-10-13-28-23(2)46(4)44-30(28)18-25)36(50)41-21-33(48)42-29(14-16-37)34(49)40-20-24-7-11-27(53-5)12-8-24/h6-13,15,17-19,29H,14,16,20-21,37H2,1-5H3,(H,40,49)(H,41,50)(H,42,48)(H2,38,51,52)/t29-/m0/s1. The molecule has 5 rings (SSSR count). The summed E-state index contributed by atoms with van der Waals surface area (Å²) in [5.74, 6) is -0.196. The SMILES string of the molecule is COc1ccc(CNC(=O)[C@H](CCN)NC(=O)CNC(=O)N(c2ccc(C)c(S(N)(=O)=O)c2)c2nccc(N(C)c3ccc4c(C)n(C)nc4c3)n2)cc1. The Morgan fingerprint density at radius 3 is 2.39 bits per heavy atom. The van der Waals surface area contributed by atoms with Gasteiger partial charge in [-0.1, -0.05) is 18.2 Å². The number of aryl methyl sites for hydroxylation is 3. The van der Waals surface area contributed by atoms with Crippen LogP contribution in [0.1, 0.15) is 23.2 Å². The quantitative estimate of drug-likeness (QED) is 0.110. The van der Waals surface area contributed by atoms with Crippen molar-refractivity contribution in [2.45, 2.75) is 37.8 Å². The van der Waals surface area contributed by atoms with E-state index < -0.39 is 40.5 Å². The summed E-state index contributed by atoms with van der Waals surface area (Å²) >= 11 is 0. The van der Waals surface area contributed by atoms with Crippen LogP contribution in [0.25, 0.3) is 10.9 Å². The van der Waals surface area contributed by atoms with Crippen molar-refractivity contribution < 1.29 is 27.5 Å². The summed E-state index contributed by atoms with van der Waals surface area (Å²) in [6, 6.07) is 16.9. The number of ether oxygens (including phenoxy) is 1. The molecule has 2 aromatic heterocycles. The van der Waals surface area contributed by atoms with Crippen LogP contribution in [0.4, 0.5) is 27.9 Å². The number of anilines is 4. The highest BCUT2D eigenvalue weighted by atomic mass is 32.2. The number of benzene rings is 3. The van der Waals surface area contributed by atoms with Crippen LogP contribution >= 0.6 is 0 Å². The Morgan fingerprint density at radius 2 is 1.70 bits per heavy atom. The number of carbonyl (C=O) groups is 3. The van der Waals surface area contributed by atoms with E-state index in [1.54, 1.807) is 61.0 Å². The second-order valence-corrected chi connectivity index (χ2v) is 14.0. The van der Waals surface area contributed by atoms with Crippen molar-refractivity contribution in [3.63, 3.8) is 0 Å². The molecular weight excluding hydrogens is 715 g/mol. The number of fused-ring (bicyclic) bond motifs is 1. The van der Waals surface area contributed by atoms with Gasteiger partial charge < -0.3 is 31.3 Å². The number of primary sulfonamides is 1. The number of nitrogens with two attached hydrogens (primary N) is 2. The Kier molecular flexibility index (Phi) is 12.1. The summed E-state index contributed by atoms with van der Waals surface area (Å²) in [6.45, 7) is 3.30. The third-order valence-electron chi connectivity index (χ3n) is 8.75. The fourth-order valence-corrected chi connectivity index (χ4v) is 6.43. The average molecular weight is 758 g/mol. The maximum atomic E-state index is 13.9. The number of amides is 4. The summed E-state index contributed by atoms with van der Waals surface area (Å²) in [5.41, 5.74) is 9.52. The van der Waals surface area contributed by atoms with E-state index in [0.717, 1.165) is 32.7 Å². The van der Waals surface area contributed by atoms with Crippen molar-refractivity contribution in [2.24, 2.45) is 17.9 Å². The molecule has 4 amide bonds. The molecule has 1 atom stereocenters. The predicted molar refractivity (Wildman–Crippen MR) is 204 cm³/mol. The van der Waals surface area contributed by atoms with E-state index >= 15 is 0 Å². The van der Waals surface area contributed by atoms with Gasteiger partial charge in [-0.25, -0.2) is 28.2 Å². The first kappa shape index (κ1) is 39.1. The molecule has 0 radical (unpaired) electrons. The van der Waals surface area contributed by atoms with Gasteiger partial charge in [0, 0.05) is 43.6 Å². The molecule has 17 nitrogen and oxygen atoms in total. The van der Waals surface area contributed by atoms with Crippen LogP contribution in [0.3, 0.4) is 0 Å². The summed E-state index contributed by atoms with van der Waals surface area (Å²) in [5, 5.41) is 19.0. The Morgan fingerprint density at radius 1 is 0.981 bits per heavy atom. The van der Waals surface area contributed by atoms with Gasteiger partial charge in [0.2, 0.25) is 27.8 Å². The number of methoxy groups -OCH3 is 1. The van der Waals surface area contributed by atoms with Crippen molar-refractivity contribution in [3.05, 3.63) is 89.7 Å². The lowest BCUT2D eigenvalue weighted by Gasteiger charge is -2.24. The molecule has 5 aromatic rings. The molecule has 284 valence electrons. The van der Waals surface area contributed by atoms with E-state index in [1.807, 2.05) is 32.2 Å². The zero-order chi connectivity index (χ0) is 39.2. The minimum atomic E-state index is -4.19. The molecule has 0 aliphatic rings. The zero-order valence-corrected chi connectivity index (χ0v) is 31.3. The van der Waals surface area contributed by atoms with E-state index in [-0.39, 0.29) is 36.0 Å². The molecule has 2 heterocycles. The first-order chi connectivity index (χ1) is 25.7. The Labute approximate surface area is 312 Å². The summed E-state index contributed by atoms with van der Waals surface area (Å²) in [4.78, 5) is 51.6. The number of nitrogens with one attached hydrogen (secondary N) is 3. The van der Waals surface area contributed by atoms with Gasteiger partial charge in [0.25, 0.3) is 0 Å². The van der Waals surface area contributed by atoms with Gasteiger partial charge in [0.1, 0.15) is 17.6 Å². The molecule has 0 saturated heterocycles. The molecule has 7 N–H and O–H groups in total. The van der Waals surface area contributed by atoms with E-state index in [2.05, 4.69) is 31.0 Å². The second kappa shape index (κ2) is 16.7. The molecule has 18 heteroatoms. The van der Waals surface area contributed by atoms with Crippen molar-refractivity contribution >= 4 is 61.9 Å². The topological polar surface area (TPSA) is 233 Å². The number of sulfonamides is 1. The first-order valence-electron chi connectivity index (χ1n) is 16.8. The number of urea groups is 1. The van der Waals surface area contributed by atoms with Crippen LogP contribution in [-0.2, 0) is 33.2 Å². The van der Waals surface area contributed by atoms with Gasteiger partial charge in [-0.3, -0.25) is 14.3 Å². The molecular formula is C36H43N11O6S. The number of rotatable bonds is 14. The van der Waals surface area contributed by atoms with Crippen molar-refractivity contribution in [3.8, 4) is 5.75 Å². The van der Waals surface area contributed by atoms with Crippen molar-refractivity contribution in [1.29, 1.82) is 0 Å². The van der Waals surface area contributed by atoms with Crippen LogP contribution in [-0.4, -0.2) is 79.3 Å². The van der Waals surface area contributed by atoms with Crippen molar-refractivity contribution in [2.75, 3.05) is 37.0 Å². The molecule has 3 aromatic carbocycles. The zero-order valence-electron chi connectivity index (χ0n) is 30.5. The maximum Gasteiger partial charge on any atom is 0.329 e. The maximum absolute atomic E-state index is 13.9. The second-order valence-electron chi connectivity index (χ2n) is 12.4. The fraction of sp³-hybridized carbons (Fsp3) is 0.278. The fourth-order valence-electron chi connectivity index (χ4n) is 5.62. The Balaban J connectivity index is 1.37. The van der Waals surface area contributed by atoms with E-state index in [0.29, 0.717) is 17.1 Å². The van der Waals surface area contributed by atoms with Gasteiger partial charge in [0.05, 0.1) is 29.8 Å². The number of carbonyl (C=O) groups excluding carboxylic acids is 3. The highest BCUT2D eigenvalue weighted by Gasteiger charge is 2.26. The molecule has 54 heavy (non-hydrogen) atoms. The summed E-state index contributed by atoms with van der Waals surface area (Å²) < 4.78 is 31.8. The van der Waals surface area contributed by atoms with Gasteiger partial charge >= 0.3 is 6.03 Å². The Bertz CT molecular complexity index is 2280. The van der Waals surface area contributed by atoms with Crippen LogP contribution in [0.5, 0.6) is 5.75 Å². The smallest absolute Gasteiger partial charge is 0.329 e. The molecule has 0 spiro atoms. The molecule has 0 aliphatic heterocycles. The highest BCUT2D eigenvalue weighted by molar-refractivity contribution is 7.89. The number of hydrogen-bond donors (Lipinski definition) is 5. The van der Waals surface area contributed by atoms with E-state index in [1.165, 1.54) is 24.4 Å². The average Bonchev–Trinajstić information content (AvgIpc) is 3.44. The van der Waals surface area contributed by atoms with Crippen LogP contribution in [0, 0.1) is 13.8 Å². The number of aromatic nitrogens is 4.